The molecule has 2 saturated heterocycles. The maximum atomic E-state index is 9.68. The molecule has 0 saturated carbocycles. The van der Waals surface area contributed by atoms with E-state index in [0.29, 0.717) is 51.0 Å². The van der Waals surface area contributed by atoms with Crippen LogP contribution in [0, 0.1) is 11.3 Å². The summed E-state index contributed by atoms with van der Waals surface area (Å²) < 4.78 is 26.9. The van der Waals surface area contributed by atoms with Crippen LogP contribution in [0.3, 0.4) is 0 Å². The first-order valence-corrected chi connectivity index (χ1v) is 14.8. The van der Waals surface area contributed by atoms with Gasteiger partial charge in [0, 0.05) is 65.2 Å². The van der Waals surface area contributed by atoms with Crippen molar-refractivity contribution in [2.45, 2.75) is 0 Å². The van der Waals surface area contributed by atoms with Gasteiger partial charge in [-0.25, -0.2) is 5.01 Å². The fourth-order valence-electron chi connectivity index (χ4n) is 4.96. The number of fused-ring (bicyclic) bond motifs is 1. The number of hydrazine groups is 1. The van der Waals surface area contributed by atoms with Crippen molar-refractivity contribution in [2.24, 2.45) is 0 Å². The van der Waals surface area contributed by atoms with Crippen LogP contribution >= 0.6 is 0 Å². The molecule has 0 spiro atoms. The van der Waals surface area contributed by atoms with E-state index >= 15 is 0 Å². The van der Waals surface area contributed by atoms with Gasteiger partial charge in [-0.1, -0.05) is 24.8 Å². The molecule has 0 amide bonds. The molecule has 0 atom stereocenters. The van der Waals surface area contributed by atoms with E-state index in [4.69, 9.17) is 23.7 Å². The number of morpholine rings is 1. The van der Waals surface area contributed by atoms with E-state index in [1.165, 1.54) is 11.1 Å². The summed E-state index contributed by atoms with van der Waals surface area (Å²) in [4.78, 5) is 4.90. The standard InChI is InChI=1S/C32H45N5O5/c1-27(42-22-21-41-20-19-40-18-17-38-2)31(26-33)24-28-3-4-30-25-32(6-5-29(30)23-28)36-9-11-37(12-10-36)34-7-8-35-13-15-39-16-14-35/h3-6,23-25,34H,1,7-22H2,2H3/b31-24+. The zero-order valence-corrected chi connectivity index (χ0v) is 24.9. The summed E-state index contributed by atoms with van der Waals surface area (Å²) in [5.41, 5.74) is 6.16. The number of methoxy groups -OCH3 is 1. The largest absolute Gasteiger partial charge is 0.490 e. The molecule has 2 aliphatic heterocycles. The number of nitrogens with zero attached hydrogens (tertiary/aromatic N) is 4. The Bertz CT molecular complexity index is 1190. The van der Waals surface area contributed by atoms with Crippen molar-refractivity contribution in [3.05, 3.63) is 59.9 Å². The number of anilines is 1. The average Bonchev–Trinajstić information content (AvgIpc) is 3.03. The zero-order valence-electron chi connectivity index (χ0n) is 24.9. The molecule has 0 bridgehead atoms. The fraction of sp³-hybridized carbons (Fsp3) is 0.531. The highest BCUT2D eigenvalue weighted by atomic mass is 16.6. The molecule has 1 N–H and O–H groups in total. The van der Waals surface area contributed by atoms with Crippen molar-refractivity contribution < 1.29 is 23.7 Å². The number of nitriles is 1. The zero-order chi connectivity index (χ0) is 29.4. The van der Waals surface area contributed by atoms with Gasteiger partial charge in [0.15, 0.2) is 0 Å². The van der Waals surface area contributed by atoms with Crippen LogP contribution in [-0.4, -0.2) is 122 Å². The van der Waals surface area contributed by atoms with Gasteiger partial charge in [-0.05, 0) is 40.6 Å². The first-order valence-electron chi connectivity index (χ1n) is 14.8. The van der Waals surface area contributed by atoms with E-state index in [0.717, 1.165) is 76.5 Å². The first-order chi connectivity index (χ1) is 20.7. The molecule has 10 nitrogen and oxygen atoms in total. The Balaban J connectivity index is 1.21. The van der Waals surface area contributed by atoms with E-state index in [1.54, 1.807) is 7.11 Å². The molecule has 10 heteroatoms. The lowest BCUT2D eigenvalue weighted by Gasteiger charge is -2.37. The van der Waals surface area contributed by atoms with Crippen molar-refractivity contribution in [1.82, 2.24) is 15.3 Å². The van der Waals surface area contributed by atoms with Crippen molar-refractivity contribution in [3.8, 4) is 6.07 Å². The first kappa shape index (κ1) is 31.9. The third kappa shape index (κ3) is 10.4. The molecule has 0 unspecified atom stereocenters. The molecule has 2 aromatic carbocycles. The number of hydrogen-bond acceptors (Lipinski definition) is 10. The SMILES string of the molecule is C=C(OCCOCCOCCOC)/C(C#N)=C/c1ccc2cc(N3CCN(NCCN4CCOCC4)CC3)ccc2c1. The Morgan fingerprint density at radius 1 is 0.929 bits per heavy atom. The summed E-state index contributed by atoms with van der Waals surface area (Å²) in [6, 6.07) is 15.0. The maximum absolute atomic E-state index is 9.68. The van der Waals surface area contributed by atoms with E-state index < -0.39 is 0 Å². The topological polar surface area (TPSA) is 91.7 Å². The summed E-state index contributed by atoms with van der Waals surface area (Å²) in [7, 11) is 1.64. The minimum atomic E-state index is 0.315. The highest BCUT2D eigenvalue weighted by Crippen LogP contribution is 2.25. The van der Waals surface area contributed by atoms with Crippen LogP contribution < -0.4 is 10.3 Å². The molecule has 228 valence electrons. The predicted octanol–water partition coefficient (Wildman–Crippen LogP) is 2.92. The Labute approximate surface area is 250 Å². The number of ether oxygens (including phenoxy) is 5. The summed E-state index contributed by atoms with van der Waals surface area (Å²) >= 11 is 0. The van der Waals surface area contributed by atoms with Gasteiger partial charge in [0.25, 0.3) is 0 Å². The van der Waals surface area contributed by atoms with Crippen LogP contribution in [0.5, 0.6) is 0 Å². The van der Waals surface area contributed by atoms with Gasteiger partial charge in [-0.3, -0.25) is 10.3 Å². The molecule has 42 heavy (non-hydrogen) atoms. The van der Waals surface area contributed by atoms with Gasteiger partial charge in [0.1, 0.15) is 18.4 Å². The second-order valence-electron chi connectivity index (χ2n) is 10.3. The molecule has 2 aliphatic rings. The Kier molecular flexibility index (Phi) is 13.6. The van der Waals surface area contributed by atoms with Crippen LogP contribution in [0.4, 0.5) is 5.69 Å². The molecule has 0 aliphatic carbocycles. The van der Waals surface area contributed by atoms with Gasteiger partial charge in [0.05, 0.1) is 51.8 Å². The van der Waals surface area contributed by atoms with Gasteiger partial charge in [0.2, 0.25) is 0 Å². The molecule has 0 aromatic heterocycles. The van der Waals surface area contributed by atoms with Crippen molar-refractivity contribution >= 4 is 22.5 Å². The van der Waals surface area contributed by atoms with Crippen molar-refractivity contribution in [2.75, 3.05) is 117 Å². The highest BCUT2D eigenvalue weighted by molar-refractivity contribution is 5.88. The van der Waals surface area contributed by atoms with Crippen LogP contribution in [0.1, 0.15) is 5.56 Å². The summed E-state index contributed by atoms with van der Waals surface area (Å²) in [6.45, 7) is 16.5. The average molecular weight is 580 g/mol. The molecule has 0 radical (unpaired) electrons. The summed E-state index contributed by atoms with van der Waals surface area (Å²) in [6.07, 6.45) is 1.81. The second kappa shape index (κ2) is 17.8. The third-order valence-corrected chi connectivity index (χ3v) is 7.40. The number of hydrogen-bond donors (Lipinski definition) is 1. The number of rotatable bonds is 17. The second-order valence-corrected chi connectivity index (χ2v) is 10.3. The highest BCUT2D eigenvalue weighted by Gasteiger charge is 2.18. The summed E-state index contributed by atoms with van der Waals surface area (Å²) in [5, 5.41) is 14.3. The van der Waals surface area contributed by atoms with Gasteiger partial charge in [-0.2, -0.15) is 5.26 Å². The lowest BCUT2D eigenvalue weighted by Crippen LogP contribution is -2.53. The Morgan fingerprint density at radius 3 is 2.36 bits per heavy atom. The minimum absolute atomic E-state index is 0.315. The van der Waals surface area contributed by atoms with E-state index in [9.17, 15) is 5.26 Å². The molecular weight excluding hydrogens is 534 g/mol. The quantitative estimate of drug-likeness (QED) is 0.131. The number of piperazine rings is 1. The van der Waals surface area contributed by atoms with Crippen LogP contribution in [-0.2, 0) is 23.7 Å². The predicted molar refractivity (Wildman–Crippen MR) is 165 cm³/mol. The van der Waals surface area contributed by atoms with Crippen LogP contribution in [0.2, 0.25) is 0 Å². The number of nitrogens with one attached hydrogen (secondary N) is 1. The van der Waals surface area contributed by atoms with Gasteiger partial charge in [-0.15, -0.1) is 0 Å². The normalized spacial score (nSPS) is 17.0. The smallest absolute Gasteiger partial charge is 0.130 e. The minimum Gasteiger partial charge on any atom is -0.490 e. The van der Waals surface area contributed by atoms with Crippen molar-refractivity contribution in [3.63, 3.8) is 0 Å². The fourth-order valence-corrected chi connectivity index (χ4v) is 4.96. The summed E-state index contributed by atoms with van der Waals surface area (Å²) in [5.74, 6) is 0.336. The lowest BCUT2D eigenvalue weighted by molar-refractivity contribution is 0.0128. The molecular formula is C32H45N5O5. The molecule has 2 fully saturated rings. The molecule has 2 heterocycles. The third-order valence-electron chi connectivity index (χ3n) is 7.40. The van der Waals surface area contributed by atoms with Gasteiger partial charge >= 0.3 is 0 Å². The van der Waals surface area contributed by atoms with Crippen LogP contribution in [0.25, 0.3) is 16.8 Å². The van der Waals surface area contributed by atoms with E-state index in [-0.39, 0.29) is 0 Å². The number of allylic oxidation sites excluding steroid dienone is 1. The van der Waals surface area contributed by atoms with Crippen LogP contribution in [0.15, 0.2) is 54.3 Å². The van der Waals surface area contributed by atoms with Gasteiger partial charge < -0.3 is 28.6 Å². The number of benzene rings is 2. The molecule has 4 rings (SSSR count). The van der Waals surface area contributed by atoms with E-state index in [1.807, 2.05) is 12.1 Å². The molecule has 2 aromatic rings. The van der Waals surface area contributed by atoms with E-state index in [2.05, 4.69) is 63.2 Å². The monoisotopic (exact) mass is 579 g/mol. The Morgan fingerprint density at radius 2 is 1.62 bits per heavy atom. The van der Waals surface area contributed by atoms with Crippen molar-refractivity contribution in [1.29, 1.82) is 5.26 Å². The lowest BCUT2D eigenvalue weighted by atomic mass is 10.0. The Hall–Kier alpha value is -3.01. The maximum Gasteiger partial charge on any atom is 0.130 e.